The summed E-state index contributed by atoms with van der Waals surface area (Å²) >= 11 is 0. The van der Waals surface area contributed by atoms with Crippen molar-refractivity contribution in [2.45, 2.75) is 11.8 Å². The lowest BCUT2D eigenvalue weighted by atomic mass is 9.86. The molecule has 0 saturated carbocycles. The van der Waals surface area contributed by atoms with E-state index in [2.05, 4.69) is 4.98 Å². The Morgan fingerprint density at radius 2 is 1.68 bits per heavy atom. The molecule has 1 heterocycles. The minimum atomic E-state index is -5.00. The summed E-state index contributed by atoms with van der Waals surface area (Å²) in [6.45, 7) is 0. The normalized spacial score (nSPS) is 15.0. The van der Waals surface area contributed by atoms with E-state index in [0.29, 0.717) is 6.07 Å². The Morgan fingerprint density at radius 1 is 1.00 bits per heavy atom. The molecule has 1 N–H and O–H groups in total. The van der Waals surface area contributed by atoms with Crippen LogP contribution in [-0.2, 0) is 5.60 Å². The summed E-state index contributed by atoms with van der Waals surface area (Å²) in [7, 11) is 0. The number of aromatic nitrogens is 1. The minimum Gasteiger partial charge on any atom is -0.372 e. The number of halogens is 4. The monoisotopic (exact) mass is 271 g/mol. The number of nitrogens with zero attached hydrogens (tertiary/aromatic N) is 1. The number of aliphatic hydroxyl groups is 1. The molecule has 0 aliphatic carbocycles. The van der Waals surface area contributed by atoms with Crippen molar-refractivity contribution in [3.63, 3.8) is 0 Å². The van der Waals surface area contributed by atoms with Crippen LogP contribution in [0.15, 0.2) is 48.8 Å². The van der Waals surface area contributed by atoms with Gasteiger partial charge in [-0.3, -0.25) is 4.98 Å². The Kier molecular flexibility index (Phi) is 3.28. The van der Waals surface area contributed by atoms with Gasteiger partial charge in [0.1, 0.15) is 5.82 Å². The average molecular weight is 271 g/mol. The quantitative estimate of drug-likeness (QED) is 0.852. The van der Waals surface area contributed by atoms with Gasteiger partial charge in [-0.05, 0) is 18.2 Å². The Morgan fingerprint density at radius 3 is 2.21 bits per heavy atom. The van der Waals surface area contributed by atoms with E-state index in [-0.39, 0.29) is 0 Å². The van der Waals surface area contributed by atoms with Crippen molar-refractivity contribution >= 4 is 0 Å². The second-order valence-corrected chi connectivity index (χ2v) is 3.96. The second kappa shape index (κ2) is 4.62. The number of pyridine rings is 1. The van der Waals surface area contributed by atoms with Crippen LogP contribution in [0.3, 0.4) is 0 Å². The first-order valence-electron chi connectivity index (χ1n) is 5.31. The van der Waals surface area contributed by atoms with E-state index >= 15 is 0 Å². The molecule has 0 fully saturated rings. The zero-order valence-corrected chi connectivity index (χ0v) is 9.53. The molecular formula is C13H9F4NO. The van der Waals surface area contributed by atoms with Crippen molar-refractivity contribution < 1.29 is 22.7 Å². The fourth-order valence-corrected chi connectivity index (χ4v) is 1.78. The number of alkyl halides is 3. The van der Waals surface area contributed by atoms with Crippen LogP contribution in [0.4, 0.5) is 17.6 Å². The first-order chi connectivity index (χ1) is 8.85. The van der Waals surface area contributed by atoms with Crippen molar-refractivity contribution in [2.75, 3.05) is 0 Å². The third kappa shape index (κ3) is 2.31. The topological polar surface area (TPSA) is 33.1 Å². The smallest absolute Gasteiger partial charge is 0.372 e. The molecule has 0 aliphatic heterocycles. The van der Waals surface area contributed by atoms with E-state index in [4.69, 9.17) is 0 Å². The summed E-state index contributed by atoms with van der Waals surface area (Å²) in [5.74, 6) is -0.857. The molecule has 0 aliphatic rings. The van der Waals surface area contributed by atoms with Crippen LogP contribution in [0.1, 0.15) is 11.1 Å². The molecule has 19 heavy (non-hydrogen) atoms. The number of benzene rings is 1. The van der Waals surface area contributed by atoms with Crippen LogP contribution in [0.2, 0.25) is 0 Å². The van der Waals surface area contributed by atoms with Gasteiger partial charge in [0.15, 0.2) is 0 Å². The third-order valence-electron chi connectivity index (χ3n) is 2.73. The van der Waals surface area contributed by atoms with Gasteiger partial charge >= 0.3 is 6.18 Å². The Bertz CT molecular complexity index is 570. The Balaban J connectivity index is 2.66. The molecule has 0 amide bonds. The standard InChI is InChI=1S/C13H9F4NO/c14-11-5-1-3-9(7-11)12(19,13(15,16)17)10-4-2-6-18-8-10/h1-8,19H. The van der Waals surface area contributed by atoms with Crippen LogP contribution >= 0.6 is 0 Å². The molecule has 100 valence electrons. The number of hydrogen-bond acceptors (Lipinski definition) is 2. The lowest BCUT2D eigenvalue weighted by Gasteiger charge is -2.31. The van der Waals surface area contributed by atoms with E-state index in [1.807, 2.05) is 0 Å². The van der Waals surface area contributed by atoms with Crippen LogP contribution in [-0.4, -0.2) is 16.3 Å². The maximum Gasteiger partial charge on any atom is 0.425 e. The summed E-state index contributed by atoms with van der Waals surface area (Å²) in [4.78, 5) is 3.56. The largest absolute Gasteiger partial charge is 0.425 e. The Hall–Kier alpha value is -1.95. The molecule has 6 heteroatoms. The first kappa shape index (κ1) is 13.5. The van der Waals surface area contributed by atoms with E-state index < -0.39 is 28.7 Å². The lowest BCUT2D eigenvalue weighted by molar-refractivity contribution is -0.248. The molecule has 0 spiro atoms. The van der Waals surface area contributed by atoms with Crippen LogP contribution in [0.25, 0.3) is 0 Å². The minimum absolute atomic E-state index is 0.465. The number of hydrogen-bond donors (Lipinski definition) is 1. The van der Waals surface area contributed by atoms with Crippen molar-refractivity contribution in [1.82, 2.24) is 4.98 Å². The molecule has 2 rings (SSSR count). The average Bonchev–Trinajstić information content (AvgIpc) is 2.37. The highest BCUT2D eigenvalue weighted by Gasteiger charge is 2.56. The van der Waals surface area contributed by atoms with Gasteiger partial charge < -0.3 is 5.11 Å². The zero-order chi connectivity index (χ0) is 14.1. The van der Waals surface area contributed by atoms with Gasteiger partial charge in [0.25, 0.3) is 0 Å². The summed E-state index contributed by atoms with van der Waals surface area (Å²) < 4.78 is 52.7. The maximum atomic E-state index is 13.2. The van der Waals surface area contributed by atoms with Gasteiger partial charge in [-0.2, -0.15) is 13.2 Å². The van der Waals surface area contributed by atoms with Gasteiger partial charge in [0, 0.05) is 23.5 Å². The fraction of sp³-hybridized carbons (Fsp3) is 0.154. The van der Waals surface area contributed by atoms with Crippen molar-refractivity contribution in [3.05, 3.63) is 65.7 Å². The molecule has 2 aromatic rings. The molecule has 1 aromatic carbocycles. The molecule has 1 unspecified atom stereocenters. The van der Waals surface area contributed by atoms with Gasteiger partial charge in [0.05, 0.1) is 0 Å². The van der Waals surface area contributed by atoms with Crippen molar-refractivity contribution in [3.8, 4) is 0 Å². The maximum absolute atomic E-state index is 13.2. The highest BCUT2D eigenvalue weighted by atomic mass is 19.4. The summed E-state index contributed by atoms with van der Waals surface area (Å²) in [5.41, 5.74) is -4.34. The van der Waals surface area contributed by atoms with Gasteiger partial charge in [-0.25, -0.2) is 4.39 Å². The van der Waals surface area contributed by atoms with Crippen molar-refractivity contribution in [1.29, 1.82) is 0 Å². The van der Waals surface area contributed by atoms with E-state index in [0.717, 1.165) is 30.5 Å². The highest BCUT2D eigenvalue weighted by molar-refractivity contribution is 5.36. The fourth-order valence-electron chi connectivity index (χ4n) is 1.78. The first-order valence-corrected chi connectivity index (χ1v) is 5.31. The third-order valence-corrected chi connectivity index (χ3v) is 2.73. The predicted molar refractivity (Wildman–Crippen MR) is 59.7 cm³/mol. The highest BCUT2D eigenvalue weighted by Crippen LogP contribution is 2.43. The second-order valence-electron chi connectivity index (χ2n) is 3.96. The van der Waals surface area contributed by atoms with Gasteiger partial charge in [0.2, 0.25) is 5.60 Å². The van der Waals surface area contributed by atoms with Crippen LogP contribution in [0, 0.1) is 5.82 Å². The van der Waals surface area contributed by atoms with E-state index in [9.17, 15) is 22.7 Å². The molecule has 1 atom stereocenters. The lowest BCUT2D eigenvalue weighted by Crippen LogP contribution is -2.43. The SMILES string of the molecule is OC(c1cccnc1)(c1cccc(F)c1)C(F)(F)F. The molecule has 2 nitrogen and oxygen atoms in total. The molecular weight excluding hydrogens is 262 g/mol. The van der Waals surface area contributed by atoms with E-state index in [1.165, 1.54) is 12.3 Å². The number of rotatable bonds is 2. The predicted octanol–water partition coefficient (Wildman–Crippen LogP) is 3.02. The summed E-state index contributed by atoms with van der Waals surface area (Å²) in [6.07, 6.45) is -2.81. The van der Waals surface area contributed by atoms with Crippen molar-refractivity contribution in [2.24, 2.45) is 0 Å². The molecule has 1 aromatic heterocycles. The molecule has 0 bridgehead atoms. The molecule has 0 radical (unpaired) electrons. The summed E-state index contributed by atoms with van der Waals surface area (Å²) in [5, 5.41) is 10.1. The van der Waals surface area contributed by atoms with Crippen LogP contribution in [0.5, 0.6) is 0 Å². The zero-order valence-electron chi connectivity index (χ0n) is 9.53. The van der Waals surface area contributed by atoms with Gasteiger partial charge in [-0.1, -0.05) is 18.2 Å². The van der Waals surface area contributed by atoms with Crippen LogP contribution < -0.4 is 0 Å². The molecule has 0 saturated heterocycles. The van der Waals surface area contributed by atoms with Gasteiger partial charge in [-0.15, -0.1) is 0 Å². The van der Waals surface area contributed by atoms with E-state index in [1.54, 1.807) is 0 Å². The Labute approximate surface area is 106 Å². The summed E-state index contributed by atoms with van der Waals surface area (Å²) in [6, 6.07) is 6.14.